The van der Waals surface area contributed by atoms with Gasteiger partial charge in [-0.1, -0.05) is 12.1 Å². The Morgan fingerprint density at radius 2 is 2.25 bits per heavy atom. The van der Waals surface area contributed by atoms with Crippen molar-refractivity contribution in [2.24, 2.45) is 0 Å². The van der Waals surface area contributed by atoms with Crippen LogP contribution in [0.25, 0.3) is 16.3 Å². The van der Waals surface area contributed by atoms with Gasteiger partial charge in [-0.2, -0.15) is 5.26 Å². The van der Waals surface area contributed by atoms with Crippen LogP contribution in [0.4, 0.5) is 0 Å². The average molecular weight is 356 g/mol. The van der Waals surface area contributed by atoms with Gasteiger partial charge >= 0.3 is 5.97 Å². The molecule has 0 N–H and O–H groups in total. The highest BCUT2D eigenvalue weighted by Gasteiger charge is 2.12. The maximum Gasteiger partial charge on any atom is 0.349 e. The van der Waals surface area contributed by atoms with E-state index in [2.05, 4.69) is 4.98 Å². The van der Waals surface area contributed by atoms with Crippen molar-refractivity contribution in [1.82, 2.24) is 4.98 Å². The highest BCUT2D eigenvalue weighted by Crippen LogP contribution is 2.35. The summed E-state index contributed by atoms with van der Waals surface area (Å²) in [6.07, 6.45) is 1.38. The van der Waals surface area contributed by atoms with Crippen LogP contribution in [0, 0.1) is 11.3 Å². The molecule has 2 aromatic heterocycles. The van der Waals surface area contributed by atoms with E-state index in [1.807, 2.05) is 30.3 Å². The topological polar surface area (TPSA) is 76.1 Å². The van der Waals surface area contributed by atoms with Crippen LogP contribution in [0.15, 0.2) is 55.8 Å². The first-order valence-electron chi connectivity index (χ1n) is 7.11. The molecule has 0 saturated carbocycles. The third-order valence-electron chi connectivity index (χ3n) is 2.97. The van der Waals surface area contributed by atoms with Crippen molar-refractivity contribution >= 4 is 45.4 Å². The number of aromatic nitrogens is 1. The Hall–Kier alpha value is -2.56. The zero-order valence-electron chi connectivity index (χ0n) is 12.7. The summed E-state index contributed by atoms with van der Waals surface area (Å²) in [5.41, 5.74) is 0.855. The largest absolute Gasteiger partial charge is 0.462 e. The third kappa shape index (κ3) is 3.67. The second-order valence-electron chi connectivity index (χ2n) is 4.60. The van der Waals surface area contributed by atoms with Crippen LogP contribution in [0.2, 0.25) is 0 Å². The van der Waals surface area contributed by atoms with E-state index in [4.69, 9.17) is 14.4 Å². The van der Waals surface area contributed by atoms with Crippen LogP contribution in [0.1, 0.15) is 12.7 Å². The Morgan fingerprint density at radius 3 is 3.00 bits per heavy atom. The minimum atomic E-state index is -0.656. The Labute approximate surface area is 146 Å². The average Bonchev–Trinajstić information content (AvgIpc) is 3.19. The molecule has 1 aromatic carbocycles. The number of carbonyl (C=O) groups excluding carboxylic acids is 1. The molecule has 0 atom stereocenters. The zero-order chi connectivity index (χ0) is 16.9. The van der Waals surface area contributed by atoms with Crippen molar-refractivity contribution in [3.05, 3.63) is 47.7 Å². The second-order valence-corrected chi connectivity index (χ2v) is 6.88. The number of thiazole rings is 1. The number of para-hydroxylation sites is 1. The minimum Gasteiger partial charge on any atom is -0.462 e. The number of hydrogen-bond donors (Lipinski definition) is 0. The lowest BCUT2D eigenvalue weighted by atomic mass is 10.2. The van der Waals surface area contributed by atoms with E-state index in [1.165, 1.54) is 17.8 Å². The van der Waals surface area contributed by atoms with Crippen molar-refractivity contribution < 1.29 is 13.9 Å². The standard InChI is InChI=1S/C17H12N2O3S2/c1-2-21-16(20)11(10-18)9-12-7-8-15(22-12)24-17-19-13-5-3-4-6-14(13)23-17/h3-9H,2H2,1H3/b11-9+. The van der Waals surface area contributed by atoms with Gasteiger partial charge in [0, 0.05) is 6.08 Å². The highest BCUT2D eigenvalue weighted by atomic mass is 32.2. The van der Waals surface area contributed by atoms with E-state index < -0.39 is 5.97 Å². The molecular weight excluding hydrogens is 344 g/mol. The number of nitrogens with zero attached hydrogens (tertiary/aromatic N) is 2. The highest BCUT2D eigenvalue weighted by molar-refractivity contribution is 8.01. The van der Waals surface area contributed by atoms with E-state index in [9.17, 15) is 4.79 Å². The molecule has 0 aliphatic heterocycles. The van der Waals surface area contributed by atoms with E-state index in [0.29, 0.717) is 10.9 Å². The fourth-order valence-electron chi connectivity index (χ4n) is 1.94. The quantitative estimate of drug-likeness (QED) is 0.380. The van der Waals surface area contributed by atoms with E-state index >= 15 is 0 Å². The summed E-state index contributed by atoms with van der Waals surface area (Å²) in [4.78, 5) is 16.1. The summed E-state index contributed by atoms with van der Waals surface area (Å²) < 4.78 is 12.4. The lowest BCUT2D eigenvalue weighted by Crippen LogP contribution is -2.05. The summed E-state index contributed by atoms with van der Waals surface area (Å²) in [7, 11) is 0. The SMILES string of the molecule is CCOC(=O)/C(C#N)=C/c1ccc(Sc2nc3ccccc3s2)o1. The molecule has 120 valence electrons. The van der Waals surface area contributed by atoms with Gasteiger partial charge in [-0.05, 0) is 43.0 Å². The molecule has 0 unspecified atom stereocenters. The normalized spacial score (nSPS) is 11.4. The molecule has 24 heavy (non-hydrogen) atoms. The number of esters is 1. The predicted octanol–water partition coefficient (Wildman–Crippen LogP) is 4.51. The molecule has 7 heteroatoms. The number of carbonyl (C=O) groups is 1. The van der Waals surface area contributed by atoms with Gasteiger partial charge in [0.15, 0.2) is 9.43 Å². The Bertz CT molecular complexity index is 917. The number of ether oxygens (including phenoxy) is 1. The summed E-state index contributed by atoms with van der Waals surface area (Å²) in [5, 5.41) is 9.67. The lowest BCUT2D eigenvalue weighted by molar-refractivity contribution is -0.137. The maximum atomic E-state index is 11.6. The van der Waals surface area contributed by atoms with Gasteiger partial charge in [-0.25, -0.2) is 9.78 Å². The van der Waals surface area contributed by atoms with Crippen molar-refractivity contribution in [3.8, 4) is 6.07 Å². The number of rotatable bonds is 5. The fourth-order valence-corrected chi connectivity index (χ4v) is 3.90. The Morgan fingerprint density at radius 1 is 1.42 bits per heavy atom. The number of benzene rings is 1. The van der Waals surface area contributed by atoms with Crippen molar-refractivity contribution in [1.29, 1.82) is 5.26 Å². The number of nitriles is 1. The molecule has 0 bridgehead atoms. The van der Waals surface area contributed by atoms with Crippen molar-refractivity contribution in [2.75, 3.05) is 6.61 Å². The molecule has 0 spiro atoms. The molecule has 0 amide bonds. The first-order chi connectivity index (χ1) is 11.7. The van der Waals surface area contributed by atoms with Gasteiger partial charge in [0.25, 0.3) is 0 Å². The van der Waals surface area contributed by atoms with Gasteiger partial charge < -0.3 is 9.15 Å². The molecule has 3 aromatic rings. The van der Waals surface area contributed by atoms with E-state index in [-0.39, 0.29) is 12.2 Å². The van der Waals surface area contributed by atoms with Crippen LogP contribution >= 0.6 is 23.1 Å². The second kappa shape index (κ2) is 7.34. The minimum absolute atomic E-state index is 0.0947. The fraction of sp³-hybridized carbons (Fsp3) is 0.118. The van der Waals surface area contributed by atoms with E-state index in [0.717, 1.165) is 14.6 Å². The van der Waals surface area contributed by atoms with Gasteiger partial charge in [-0.3, -0.25) is 0 Å². The Kier molecular flexibility index (Phi) is 4.99. The first kappa shape index (κ1) is 16.3. The number of hydrogen-bond acceptors (Lipinski definition) is 7. The predicted molar refractivity (Wildman–Crippen MR) is 92.7 cm³/mol. The van der Waals surface area contributed by atoms with Crippen molar-refractivity contribution in [2.45, 2.75) is 16.4 Å². The summed E-state index contributed by atoms with van der Waals surface area (Å²) in [5.74, 6) is -0.236. The smallest absolute Gasteiger partial charge is 0.349 e. The first-order valence-corrected chi connectivity index (χ1v) is 8.75. The molecule has 0 radical (unpaired) electrons. The van der Waals surface area contributed by atoms with Crippen LogP contribution in [-0.2, 0) is 9.53 Å². The lowest BCUT2D eigenvalue weighted by Gasteiger charge is -1.98. The van der Waals surface area contributed by atoms with Gasteiger partial charge in [0.1, 0.15) is 17.4 Å². The van der Waals surface area contributed by atoms with Crippen LogP contribution < -0.4 is 0 Å². The Balaban J connectivity index is 1.77. The van der Waals surface area contributed by atoms with Crippen molar-refractivity contribution in [3.63, 3.8) is 0 Å². The molecular formula is C17H12N2O3S2. The van der Waals surface area contributed by atoms with Gasteiger partial charge in [0.05, 0.1) is 16.8 Å². The summed E-state index contributed by atoms with van der Waals surface area (Å²) in [6, 6.07) is 13.2. The summed E-state index contributed by atoms with van der Waals surface area (Å²) in [6.45, 7) is 1.90. The molecule has 0 aliphatic carbocycles. The third-order valence-corrected chi connectivity index (χ3v) is 4.98. The molecule has 5 nitrogen and oxygen atoms in total. The van der Waals surface area contributed by atoms with Crippen LogP contribution in [0.5, 0.6) is 0 Å². The van der Waals surface area contributed by atoms with Gasteiger partial charge in [0.2, 0.25) is 0 Å². The van der Waals surface area contributed by atoms with Crippen LogP contribution in [-0.4, -0.2) is 17.6 Å². The molecule has 2 heterocycles. The maximum absolute atomic E-state index is 11.6. The summed E-state index contributed by atoms with van der Waals surface area (Å²) >= 11 is 2.98. The van der Waals surface area contributed by atoms with E-state index in [1.54, 1.807) is 30.4 Å². The monoisotopic (exact) mass is 356 g/mol. The molecule has 3 rings (SSSR count). The molecule has 0 aliphatic rings. The number of furan rings is 1. The zero-order valence-corrected chi connectivity index (χ0v) is 14.3. The van der Waals surface area contributed by atoms with Crippen LogP contribution in [0.3, 0.4) is 0 Å². The van der Waals surface area contributed by atoms with Gasteiger partial charge in [-0.15, -0.1) is 11.3 Å². The number of fused-ring (bicyclic) bond motifs is 1. The molecule has 0 fully saturated rings. The molecule has 0 saturated heterocycles.